The summed E-state index contributed by atoms with van der Waals surface area (Å²) in [6.07, 6.45) is -0.855. The van der Waals surface area contributed by atoms with Crippen LogP contribution >= 0.6 is 0 Å². The number of carbonyl (C=O) groups is 1. The normalized spacial score (nSPS) is 19.5. The fourth-order valence-electron chi connectivity index (χ4n) is 5.10. The van der Waals surface area contributed by atoms with Crippen LogP contribution in [-0.2, 0) is 4.74 Å². The van der Waals surface area contributed by atoms with E-state index < -0.39 is 11.6 Å². The third-order valence-corrected chi connectivity index (χ3v) is 6.77. The Balaban J connectivity index is 1.64. The Morgan fingerprint density at radius 2 is 1.50 bits per heavy atom. The molecule has 2 aliphatic heterocycles. The van der Waals surface area contributed by atoms with Crippen LogP contribution in [0, 0.1) is 0 Å². The van der Waals surface area contributed by atoms with Crippen molar-refractivity contribution in [1.29, 1.82) is 0 Å². The number of benzene rings is 2. The van der Waals surface area contributed by atoms with E-state index >= 15 is 0 Å². The first-order valence-electron chi connectivity index (χ1n) is 11.5. The van der Waals surface area contributed by atoms with E-state index in [1.165, 1.54) is 11.1 Å². The maximum absolute atomic E-state index is 12.2. The fourth-order valence-corrected chi connectivity index (χ4v) is 5.10. The van der Waals surface area contributed by atoms with Gasteiger partial charge in [0.2, 0.25) is 0 Å². The minimum Gasteiger partial charge on any atom is -0.465 e. The molecular formula is C26H35N3O3. The topological polar surface area (TPSA) is 56.2 Å². The van der Waals surface area contributed by atoms with E-state index in [-0.39, 0.29) is 11.6 Å². The van der Waals surface area contributed by atoms with Gasteiger partial charge in [0.1, 0.15) is 0 Å². The molecule has 2 heterocycles. The molecule has 0 aliphatic carbocycles. The Bertz CT molecular complexity index is 846. The van der Waals surface area contributed by atoms with Crippen molar-refractivity contribution in [3.63, 3.8) is 0 Å². The van der Waals surface area contributed by atoms with Gasteiger partial charge < -0.3 is 14.7 Å². The summed E-state index contributed by atoms with van der Waals surface area (Å²) >= 11 is 0. The molecule has 1 amide bonds. The van der Waals surface area contributed by atoms with Gasteiger partial charge in [0.15, 0.2) is 0 Å². The maximum atomic E-state index is 12.2. The van der Waals surface area contributed by atoms with Crippen molar-refractivity contribution in [3.8, 4) is 0 Å². The lowest BCUT2D eigenvalue weighted by Gasteiger charge is -2.60. The van der Waals surface area contributed by atoms with Crippen molar-refractivity contribution in [2.24, 2.45) is 0 Å². The number of hydrogen-bond acceptors (Lipinski definition) is 4. The average Bonchev–Trinajstić information content (AvgIpc) is 2.76. The Morgan fingerprint density at radius 1 is 1.00 bits per heavy atom. The van der Waals surface area contributed by atoms with Gasteiger partial charge in [0, 0.05) is 38.3 Å². The first-order valence-corrected chi connectivity index (χ1v) is 11.5. The summed E-state index contributed by atoms with van der Waals surface area (Å²) in [6, 6.07) is 21.4. The number of likely N-dealkylation sites (tertiary alicyclic amines) is 1. The molecule has 0 atom stereocenters. The van der Waals surface area contributed by atoms with Crippen LogP contribution in [0.15, 0.2) is 60.7 Å². The summed E-state index contributed by atoms with van der Waals surface area (Å²) in [6.45, 7) is 11.1. The average molecular weight is 438 g/mol. The number of morpholine rings is 1. The molecule has 32 heavy (non-hydrogen) atoms. The molecule has 2 aromatic rings. The molecule has 1 N–H and O–H groups in total. The lowest BCUT2D eigenvalue weighted by atomic mass is 9.81. The molecule has 2 saturated heterocycles. The Labute approximate surface area is 191 Å². The molecule has 172 valence electrons. The minimum atomic E-state index is -0.855. The lowest BCUT2D eigenvalue weighted by Crippen LogP contribution is -2.76. The predicted octanol–water partition coefficient (Wildman–Crippen LogP) is 3.94. The van der Waals surface area contributed by atoms with Crippen LogP contribution in [0.2, 0.25) is 0 Å². The van der Waals surface area contributed by atoms with Crippen molar-refractivity contribution in [2.45, 2.75) is 37.9 Å². The predicted molar refractivity (Wildman–Crippen MR) is 126 cm³/mol. The highest BCUT2D eigenvalue weighted by Gasteiger charge is 2.52. The lowest BCUT2D eigenvalue weighted by molar-refractivity contribution is -0.119. The van der Waals surface area contributed by atoms with Crippen molar-refractivity contribution in [1.82, 2.24) is 14.7 Å². The van der Waals surface area contributed by atoms with Gasteiger partial charge in [0.25, 0.3) is 0 Å². The molecule has 0 spiro atoms. The Morgan fingerprint density at radius 3 is 1.94 bits per heavy atom. The van der Waals surface area contributed by atoms with Gasteiger partial charge in [-0.05, 0) is 31.9 Å². The van der Waals surface area contributed by atoms with Crippen LogP contribution in [0.25, 0.3) is 0 Å². The molecule has 0 unspecified atom stereocenters. The largest absolute Gasteiger partial charge is 0.465 e. The van der Waals surface area contributed by atoms with Gasteiger partial charge in [-0.25, -0.2) is 4.79 Å². The molecule has 0 saturated carbocycles. The van der Waals surface area contributed by atoms with E-state index in [4.69, 9.17) is 4.74 Å². The van der Waals surface area contributed by atoms with E-state index in [1.807, 2.05) is 32.9 Å². The number of ether oxygens (including phenoxy) is 1. The molecule has 2 aliphatic rings. The molecule has 4 rings (SSSR count). The summed E-state index contributed by atoms with van der Waals surface area (Å²) in [4.78, 5) is 18.7. The van der Waals surface area contributed by atoms with Crippen molar-refractivity contribution < 1.29 is 14.6 Å². The smallest absolute Gasteiger partial charge is 0.407 e. The van der Waals surface area contributed by atoms with Crippen LogP contribution in [0.1, 0.15) is 37.9 Å². The quantitative estimate of drug-likeness (QED) is 0.742. The van der Waals surface area contributed by atoms with Crippen molar-refractivity contribution >= 4 is 6.09 Å². The third-order valence-electron chi connectivity index (χ3n) is 6.77. The molecule has 0 radical (unpaired) electrons. The SMILES string of the molecule is CC(C)(C)N(CC1(N2CCOCC2)CN(C(c2ccccc2)c2ccccc2)C1)C(=O)O. The molecule has 0 aromatic heterocycles. The second kappa shape index (κ2) is 9.22. The highest BCUT2D eigenvalue weighted by molar-refractivity contribution is 5.66. The molecule has 6 heteroatoms. The van der Waals surface area contributed by atoms with Gasteiger partial charge in [-0.1, -0.05) is 60.7 Å². The first-order chi connectivity index (χ1) is 15.3. The fraction of sp³-hybridized carbons (Fsp3) is 0.500. The van der Waals surface area contributed by atoms with E-state index in [9.17, 15) is 9.90 Å². The van der Waals surface area contributed by atoms with E-state index in [2.05, 4.69) is 58.3 Å². The van der Waals surface area contributed by atoms with Crippen LogP contribution < -0.4 is 0 Å². The highest BCUT2D eigenvalue weighted by Crippen LogP contribution is 2.40. The molecular weight excluding hydrogens is 402 g/mol. The van der Waals surface area contributed by atoms with E-state index in [1.54, 1.807) is 4.90 Å². The number of amides is 1. The highest BCUT2D eigenvalue weighted by atomic mass is 16.5. The van der Waals surface area contributed by atoms with Crippen molar-refractivity contribution in [2.75, 3.05) is 45.9 Å². The Kier molecular flexibility index (Phi) is 6.56. The number of nitrogens with zero attached hydrogens (tertiary/aromatic N) is 3. The van der Waals surface area contributed by atoms with Crippen LogP contribution in [0.4, 0.5) is 4.79 Å². The van der Waals surface area contributed by atoms with Gasteiger partial charge in [-0.15, -0.1) is 0 Å². The monoisotopic (exact) mass is 437 g/mol. The van der Waals surface area contributed by atoms with Crippen LogP contribution in [-0.4, -0.2) is 82.9 Å². The van der Waals surface area contributed by atoms with Crippen molar-refractivity contribution in [3.05, 3.63) is 71.8 Å². The second-order valence-electron chi connectivity index (χ2n) is 9.99. The van der Waals surface area contributed by atoms with E-state index in [0.29, 0.717) is 19.8 Å². The minimum absolute atomic E-state index is 0.152. The molecule has 6 nitrogen and oxygen atoms in total. The zero-order valence-corrected chi connectivity index (χ0v) is 19.4. The standard InChI is InChI=1S/C26H35N3O3/c1-25(2,3)29(24(30)31)20-26(28-14-16-32-17-15-28)18-27(19-26)23(21-10-6-4-7-11-21)22-12-8-5-9-13-22/h4-13,23H,14-20H2,1-3H3,(H,30,31). The molecule has 2 fully saturated rings. The first kappa shape index (κ1) is 22.8. The number of hydrogen-bond donors (Lipinski definition) is 1. The van der Waals surface area contributed by atoms with Crippen LogP contribution in [0.5, 0.6) is 0 Å². The van der Waals surface area contributed by atoms with Gasteiger partial charge in [-0.3, -0.25) is 9.80 Å². The molecule has 2 aromatic carbocycles. The third kappa shape index (κ3) is 4.68. The Hall–Kier alpha value is -2.41. The molecule has 0 bridgehead atoms. The maximum Gasteiger partial charge on any atom is 0.407 e. The van der Waals surface area contributed by atoms with Gasteiger partial charge >= 0.3 is 6.09 Å². The van der Waals surface area contributed by atoms with Gasteiger partial charge in [0.05, 0.1) is 24.8 Å². The summed E-state index contributed by atoms with van der Waals surface area (Å²) in [5.41, 5.74) is 1.86. The van der Waals surface area contributed by atoms with Crippen LogP contribution in [0.3, 0.4) is 0 Å². The summed E-state index contributed by atoms with van der Waals surface area (Å²) in [5, 5.41) is 9.99. The zero-order valence-electron chi connectivity index (χ0n) is 19.4. The van der Waals surface area contributed by atoms with E-state index in [0.717, 1.165) is 26.2 Å². The second-order valence-corrected chi connectivity index (χ2v) is 9.99. The summed E-state index contributed by atoms with van der Waals surface area (Å²) in [7, 11) is 0. The van der Waals surface area contributed by atoms with Gasteiger partial charge in [-0.2, -0.15) is 0 Å². The summed E-state index contributed by atoms with van der Waals surface area (Å²) < 4.78 is 5.61. The zero-order chi connectivity index (χ0) is 22.8. The summed E-state index contributed by atoms with van der Waals surface area (Å²) in [5.74, 6) is 0. The number of carboxylic acid groups (broad SMARTS) is 1. The number of rotatable bonds is 6.